The van der Waals surface area contributed by atoms with Crippen LogP contribution in [0.1, 0.15) is 36.0 Å². The SMILES string of the molecule is NC(N)=NC(N)=Nc1cc(C(=O)N2CCCC2)ccc1N1CCCC1. The van der Waals surface area contributed by atoms with Crippen LogP contribution >= 0.6 is 0 Å². The van der Waals surface area contributed by atoms with Crippen molar-refractivity contribution in [3.63, 3.8) is 0 Å². The first kappa shape index (κ1) is 17.1. The third-order valence-electron chi connectivity index (χ3n) is 4.54. The van der Waals surface area contributed by atoms with Crippen LogP contribution < -0.4 is 22.1 Å². The average molecular weight is 343 g/mol. The molecule has 0 saturated carbocycles. The zero-order valence-corrected chi connectivity index (χ0v) is 14.3. The molecular weight excluding hydrogens is 318 g/mol. The van der Waals surface area contributed by atoms with E-state index in [1.807, 2.05) is 17.0 Å². The number of aliphatic imine (C=N–C) groups is 2. The van der Waals surface area contributed by atoms with E-state index in [4.69, 9.17) is 17.2 Å². The standard InChI is InChI=1S/C17H25N7O/c18-16(19)22-17(20)21-13-11-12(15(25)24-9-3-4-10-24)5-6-14(13)23-7-1-2-8-23/h5-6,11H,1-4,7-10H2,(H6,18,19,20,21,22). The zero-order chi connectivity index (χ0) is 17.8. The molecule has 25 heavy (non-hydrogen) atoms. The maximum Gasteiger partial charge on any atom is 0.253 e. The summed E-state index contributed by atoms with van der Waals surface area (Å²) in [5, 5.41) is 0. The molecule has 1 aromatic carbocycles. The highest BCUT2D eigenvalue weighted by atomic mass is 16.2. The van der Waals surface area contributed by atoms with E-state index in [0.29, 0.717) is 11.3 Å². The summed E-state index contributed by atoms with van der Waals surface area (Å²) in [6, 6.07) is 5.59. The number of hydrogen-bond acceptors (Lipinski definition) is 3. The lowest BCUT2D eigenvalue weighted by Gasteiger charge is -2.21. The van der Waals surface area contributed by atoms with Gasteiger partial charge in [0.2, 0.25) is 5.96 Å². The molecule has 0 aliphatic carbocycles. The number of nitrogens with zero attached hydrogens (tertiary/aromatic N) is 4. The normalized spacial score (nSPS) is 17.8. The second-order valence-electron chi connectivity index (χ2n) is 6.40. The van der Waals surface area contributed by atoms with Gasteiger partial charge < -0.3 is 27.0 Å². The molecule has 0 aromatic heterocycles. The molecule has 6 N–H and O–H groups in total. The Hall–Kier alpha value is -2.77. The van der Waals surface area contributed by atoms with E-state index in [1.54, 1.807) is 6.07 Å². The van der Waals surface area contributed by atoms with Gasteiger partial charge in [-0.15, -0.1) is 0 Å². The molecule has 2 saturated heterocycles. The van der Waals surface area contributed by atoms with Crippen molar-refractivity contribution in [2.24, 2.45) is 27.2 Å². The molecular formula is C17H25N7O. The first-order valence-corrected chi connectivity index (χ1v) is 8.66. The molecule has 2 heterocycles. The zero-order valence-electron chi connectivity index (χ0n) is 14.3. The minimum Gasteiger partial charge on any atom is -0.370 e. The molecule has 0 radical (unpaired) electrons. The molecule has 2 fully saturated rings. The molecule has 1 amide bonds. The number of anilines is 1. The van der Waals surface area contributed by atoms with Crippen LogP contribution in [0.2, 0.25) is 0 Å². The Balaban J connectivity index is 1.96. The summed E-state index contributed by atoms with van der Waals surface area (Å²) < 4.78 is 0. The lowest BCUT2D eigenvalue weighted by atomic mass is 10.1. The number of amides is 1. The van der Waals surface area contributed by atoms with E-state index in [1.165, 1.54) is 0 Å². The summed E-state index contributed by atoms with van der Waals surface area (Å²) in [7, 11) is 0. The summed E-state index contributed by atoms with van der Waals surface area (Å²) in [6.07, 6.45) is 4.39. The lowest BCUT2D eigenvalue weighted by molar-refractivity contribution is 0.0793. The van der Waals surface area contributed by atoms with Gasteiger partial charge in [0, 0.05) is 31.7 Å². The number of rotatable bonds is 3. The van der Waals surface area contributed by atoms with Crippen molar-refractivity contribution in [1.29, 1.82) is 0 Å². The Bertz CT molecular complexity index is 697. The maximum absolute atomic E-state index is 12.7. The quantitative estimate of drug-likeness (QED) is 0.551. The fourth-order valence-electron chi connectivity index (χ4n) is 3.35. The minimum atomic E-state index is -0.145. The Morgan fingerprint density at radius 3 is 2.24 bits per heavy atom. The summed E-state index contributed by atoms with van der Waals surface area (Å²) in [5.74, 6) is -0.137. The Morgan fingerprint density at radius 2 is 1.60 bits per heavy atom. The fraction of sp³-hybridized carbons (Fsp3) is 0.471. The van der Waals surface area contributed by atoms with Crippen molar-refractivity contribution < 1.29 is 4.79 Å². The molecule has 0 bridgehead atoms. The van der Waals surface area contributed by atoms with Gasteiger partial charge in [-0.05, 0) is 43.9 Å². The maximum atomic E-state index is 12.7. The van der Waals surface area contributed by atoms with Crippen LogP contribution in [-0.4, -0.2) is 48.9 Å². The second-order valence-corrected chi connectivity index (χ2v) is 6.40. The first-order valence-electron chi connectivity index (χ1n) is 8.66. The van der Waals surface area contributed by atoms with E-state index in [9.17, 15) is 4.79 Å². The summed E-state index contributed by atoms with van der Waals surface area (Å²) in [5.41, 5.74) is 18.7. The number of carbonyl (C=O) groups excluding carboxylic acids is 1. The van der Waals surface area contributed by atoms with E-state index in [2.05, 4.69) is 14.9 Å². The fourth-order valence-corrected chi connectivity index (χ4v) is 3.35. The average Bonchev–Trinajstić information content (AvgIpc) is 3.27. The molecule has 2 aliphatic heterocycles. The van der Waals surface area contributed by atoms with Crippen LogP contribution in [-0.2, 0) is 0 Å². The van der Waals surface area contributed by atoms with Crippen LogP contribution in [0, 0.1) is 0 Å². The highest BCUT2D eigenvalue weighted by molar-refractivity contribution is 5.98. The van der Waals surface area contributed by atoms with Crippen molar-refractivity contribution in [1.82, 2.24) is 4.90 Å². The van der Waals surface area contributed by atoms with Crippen LogP contribution in [0.15, 0.2) is 28.2 Å². The van der Waals surface area contributed by atoms with Gasteiger partial charge in [0.15, 0.2) is 5.96 Å². The lowest BCUT2D eigenvalue weighted by Crippen LogP contribution is -2.28. The number of guanidine groups is 2. The number of carbonyl (C=O) groups is 1. The summed E-state index contributed by atoms with van der Waals surface area (Å²) in [6.45, 7) is 3.54. The topological polar surface area (TPSA) is 126 Å². The van der Waals surface area contributed by atoms with Crippen molar-refractivity contribution in [3.8, 4) is 0 Å². The molecule has 0 spiro atoms. The van der Waals surface area contributed by atoms with Crippen molar-refractivity contribution in [3.05, 3.63) is 23.8 Å². The van der Waals surface area contributed by atoms with E-state index in [-0.39, 0.29) is 17.8 Å². The number of benzene rings is 1. The van der Waals surface area contributed by atoms with Crippen molar-refractivity contribution in [2.45, 2.75) is 25.7 Å². The Morgan fingerprint density at radius 1 is 0.960 bits per heavy atom. The third-order valence-corrected chi connectivity index (χ3v) is 4.54. The molecule has 1 aromatic rings. The summed E-state index contributed by atoms with van der Waals surface area (Å²) >= 11 is 0. The molecule has 0 atom stereocenters. The number of likely N-dealkylation sites (tertiary alicyclic amines) is 1. The minimum absolute atomic E-state index is 0.0220. The van der Waals surface area contributed by atoms with Crippen molar-refractivity contribution >= 4 is 29.2 Å². The van der Waals surface area contributed by atoms with Gasteiger partial charge in [0.05, 0.1) is 11.4 Å². The molecule has 3 rings (SSSR count). The van der Waals surface area contributed by atoms with Crippen molar-refractivity contribution in [2.75, 3.05) is 31.1 Å². The third kappa shape index (κ3) is 4.01. The predicted octanol–water partition coefficient (Wildman–Crippen LogP) is 0.742. The number of hydrogen-bond donors (Lipinski definition) is 3. The van der Waals surface area contributed by atoms with Gasteiger partial charge in [-0.2, -0.15) is 4.99 Å². The van der Waals surface area contributed by atoms with E-state index < -0.39 is 0 Å². The van der Waals surface area contributed by atoms with Gasteiger partial charge in [-0.3, -0.25) is 4.79 Å². The molecule has 2 aliphatic rings. The highest BCUT2D eigenvalue weighted by Gasteiger charge is 2.22. The molecule has 8 nitrogen and oxygen atoms in total. The van der Waals surface area contributed by atoms with Crippen LogP contribution in [0.4, 0.5) is 11.4 Å². The van der Waals surface area contributed by atoms with Gasteiger partial charge in [0.25, 0.3) is 5.91 Å². The largest absolute Gasteiger partial charge is 0.370 e. The van der Waals surface area contributed by atoms with Gasteiger partial charge in [-0.25, -0.2) is 4.99 Å². The van der Waals surface area contributed by atoms with E-state index in [0.717, 1.165) is 57.5 Å². The predicted molar refractivity (Wildman–Crippen MR) is 100 cm³/mol. The molecule has 134 valence electrons. The first-order chi connectivity index (χ1) is 12.0. The molecule has 0 unspecified atom stereocenters. The monoisotopic (exact) mass is 343 g/mol. The highest BCUT2D eigenvalue weighted by Crippen LogP contribution is 2.33. The van der Waals surface area contributed by atoms with E-state index >= 15 is 0 Å². The van der Waals surface area contributed by atoms with Crippen LogP contribution in [0.25, 0.3) is 0 Å². The van der Waals surface area contributed by atoms with Crippen LogP contribution in [0.3, 0.4) is 0 Å². The smallest absolute Gasteiger partial charge is 0.253 e. The Labute approximate surface area is 147 Å². The van der Waals surface area contributed by atoms with Crippen LogP contribution in [0.5, 0.6) is 0 Å². The summed E-state index contributed by atoms with van der Waals surface area (Å²) in [4.78, 5) is 24.9. The van der Waals surface area contributed by atoms with Gasteiger partial charge in [-0.1, -0.05) is 0 Å². The number of nitrogens with two attached hydrogens (primary N) is 3. The second kappa shape index (κ2) is 7.42. The van der Waals surface area contributed by atoms with Gasteiger partial charge >= 0.3 is 0 Å². The molecule has 8 heteroatoms. The Kier molecular flexibility index (Phi) is 5.06. The van der Waals surface area contributed by atoms with Gasteiger partial charge in [0.1, 0.15) is 0 Å².